The summed E-state index contributed by atoms with van der Waals surface area (Å²) in [6.07, 6.45) is 15.7. The summed E-state index contributed by atoms with van der Waals surface area (Å²) in [6, 6.07) is 1.86. The zero-order chi connectivity index (χ0) is 19.9. The number of aromatic nitrogens is 5. The minimum absolute atomic E-state index is 0.0196. The molecule has 0 aromatic carbocycles. The number of amides is 1. The minimum Gasteiger partial charge on any atom is -0.425 e. The van der Waals surface area contributed by atoms with Crippen LogP contribution in [0.25, 0.3) is 5.78 Å². The fourth-order valence-electron chi connectivity index (χ4n) is 3.93. The summed E-state index contributed by atoms with van der Waals surface area (Å²) in [7, 11) is 0. The Morgan fingerprint density at radius 1 is 1.14 bits per heavy atom. The SMILES string of the molecule is O=C(CCc1nnc(CCC2CCCCC2)o1)NCCc1cn2cccnc2n1. The number of carbonyl (C=O) groups excluding carboxylic acids is 1. The van der Waals surface area contributed by atoms with E-state index in [1.54, 1.807) is 6.20 Å². The summed E-state index contributed by atoms with van der Waals surface area (Å²) in [4.78, 5) is 20.7. The maximum absolute atomic E-state index is 12.1. The van der Waals surface area contributed by atoms with Crippen LogP contribution in [0, 0.1) is 5.92 Å². The summed E-state index contributed by atoms with van der Waals surface area (Å²) >= 11 is 0. The molecule has 3 heterocycles. The summed E-state index contributed by atoms with van der Waals surface area (Å²) < 4.78 is 7.58. The van der Waals surface area contributed by atoms with Crippen molar-refractivity contribution in [1.29, 1.82) is 0 Å². The molecule has 4 rings (SSSR count). The molecule has 1 N–H and O–H groups in total. The molecule has 3 aromatic rings. The molecule has 8 nitrogen and oxygen atoms in total. The van der Waals surface area contributed by atoms with Crippen molar-refractivity contribution >= 4 is 11.7 Å². The van der Waals surface area contributed by atoms with Crippen molar-refractivity contribution in [2.75, 3.05) is 6.54 Å². The van der Waals surface area contributed by atoms with Crippen LogP contribution < -0.4 is 5.32 Å². The molecular formula is C21H28N6O2. The first-order chi connectivity index (χ1) is 14.3. The van der Waals surface area contributed by atoms with Crippen LogP contribution in [0.5, 0.6) is 0 Å². The van der Waals surface area contributed by atoms with Crippen molar-refractivity contribution in [3.05, 3.63) is 42.1 Å². The number of carbonyl (C=O) groups is 1. The van der Waals surface area contributed by atoms with Crippen LogP contribution in [-0.4, -0.2) is 37.0 Å². The quantitative estimate of drug-likeness (QED) is 0.597. The van der Waals surface area contributed by atoms with Gasteiger partial charge in [0, 0.05) is 50.8 Å². The predicted octanol–water partition coefficient (Wildman–Crippen LogP) is 2.92. The zero-order valence-corrected chi connectivity index (χ0v) is 16.7. The molecule has 154 valence electrons. The average Bonchev–Trinajstić information content (AvgIpc) is 3.38. The number of rotatable bonds is 9. The van der Waals surface area contributed by atoms with Gasteiger partial charge in [0.15, 0.2) is 0 Å². The van der Waals surface area contributed by atoms with Gasteiger partial charge in [0.1, 0.15) is 0 Å². The number of hydrogen-bond donors (Lipinski definition) is 1. The fraction of sp³-hybridized carbons (Fsp3) is 0.571. The van der Waals surface area contributed by atoms with Gasteiger partial charge in [0.05, 0.1) is 5.69 Å². The lowest BCUT2D eigenvalue weighted by atomic mass is 9.86. The molecule has 3 aromatic heterocycles. The Labute approximate surface area is 170 Å². The Bertz CT molecular complexity index is 895. The number of aryl methyl sites for hydroxylation is 2. The van der Waals surface area contributed by atoms with Crippen molar-refractivity contribution in [1.82, 2.24) is 29.9 Å². The van der Waals surface area contributed by atoms with Gasteiger partial charge in [0.2, 0.25) is 23.5 Å². The van der Waals surface area contributed by atoms with E-state index in [2.05, 4.69) is 25.5 Å². The second-order valence-electron chi connectivity index (χ2n) is 7.79. The third-order valence-electron chi connectivity index (χ3n) is 5.55. The van der Waals surface area contributed by atoms with Crippen molar-refractivity contribution in [2.24, 2.45) is 5.92 Å². The highest BCUT2D eigenvalue weighted by molar-refractivity contribution is 5.75. The molecule has 0 aliphatic heterocycles. The lowest BCUT2D eigenvalue weighted by Gasteiger charge is -2.20. The first kappa shape index (κ1) is 19.5. The first-order valence-corrected chi connectivity index (χ1v) is 10.6. The summed E-state index contributed by atoms with van der Waals surface area (Å²) in [5, 5.41) is 11.1. The third kappa shape index (κ3) is 5.62. The molecule has 0 saturated heterocycles. The molecule has 1 saturated carbocycles. The van der Waals surface area contributed by atoms with E-state index in [1.165, 1.54) is 32.1 Å². The van der Waals surface area contributed by atoms with Gasteiger partial charge in [-0.1, -0.05) is 32.1 Å². The van der Waals surface area contributed by atoms with Crippen LogP contribution in [0.4, 0.5) is 0 Å². The molecular weight excluding hydrogens is 368 g/mol. The molecule has 0 unspecified atom stereocenters. The molecule has 1 aliphatic rings. The molecule has 29 heavy (non-hydrogen) atoms. The molecule has 8 heteroatoms. The van der Waals surface area contributed by atoms with Crippen molar-refractivity contribution < 1.29 is 9.21 Å². The smallest absolute Gasteiger partial charge is 0.233 e. The average molecular weight is 396 g/mol. The van der Waals surface area contributed by atoms with Gasteiger partial charge >= 0.3 is 0 Å². The van der Waals surface area contributed by atoms with Gasteiger partial charge in [0.25, 0.3) is 0 Å². The van der Waals surface area contributed by atoms with E-state index in [0.29, 0.717) is 43.4 Å². The van der Waals surface area contributed by atoms with Crippen LogP contribution in [0.2, 0.25) is 0 Å². The molecule has 0 radical (unpaired) electrons. The molecule has 0 atom stereocenters. The van der Waals surface area contributed by atoms with Crippen LogP contribution >= 0.6 is 0 Å². The summed E-state index contributed by atoms with van der Waals surface area (Å²) in [5.74, 6) is 2.70. The maximum atomic E-state index is 12.1. The van der Waals surface area contributed by atoms with E-state index >= 15 is 0 Å². The Hall–Kier alpha value is -2.77. The van der Waals surface area contributed by atoms with E-state index in [4.69, 9.17) is 4.42 Å². The zero-order valence-electron chi connectivity index (χ0n) is 16.7. The molecule has 1 fully saturated rings. The summed E-state index contributed by atoms with van der Waals surface area (Å²) in [5.41, 5.74) is 0.906. The standard InChI is InChI=1S/C21H28N6O2/c28-18(22-13-11-17-15-27-14-4-12-23-21(27)24-17)8-10-20-26-25-19(29-20)9-7-16-5-2-1-3-6-16/h4,12,14-16H,1-3,5-11,13H2,(H,22,28). The van der Waals surface area contributed by atoms with E-state index in [-0.39, 0.29) is 5.91 Å². The lowest BCUT2D eigenvalue weighted by molar-refractivity contribution is -0.121. The Balaban J connectivity index is 1.14. The number of nitrogens with one attached hydrogen (secondary N) is 1. The highest BCUT2D eigenvalue weighted by atomic mass is 16.4. The van der Waals surface area contributed by atoms with E-state index in [9.17, 15) is 4.79 Å². The molecule has 1 amide bonds. The first-order valence-electron chi connectivity index (χ1n) is 10.6. The van der Waals surface area contributed by atoms with Crippen LogP contribution in [0.1, 0.15) is 62.4 Å². The molecule has 0 spiro atoms. The second kappa shape index (κ2) is 9.62. The molecule has 0 bridgehead atoms. The van der Waals surface area contributed by atoms with Crippen molar-refractivity contribution in [2.45, 2.75) is 64.2 Å². The van der Waals surface area contributed by atoms with Gasteiger partial charge < -0.3 is 9.73 Å². The maximum Gasteiger partial charge on any atom is 0.233 e. The highest BCUT2D eigenvalue weighted by Gasteiger charge is 2.15. The number of imidazole rings is 1. The Morgan fingerprint density at radius 3 is 2.79 bits per heavy atom. The fourth-order valence-corrected chi connectivity index (χ4v) is 3.93. The number of nitrogens with zero attached hydrogens (tertiary/aromatic N) is 5. The number of hydrogen-bond acceptors (Lipinski definition) is 6. The third-order valence-corrected chi connectivity index (χ3v) is 5.55. The predicted molar refractivity (Wildman–Crippen MR) is 107 cm³/mol. The van der Waals surface area contributed by atoms with E-state index in [0.717, 1.165) is 24.5 Å². The van der Waals surface area contributed by atoms with Gasteiger partial charge in [-0.05, 0) is 18.4 Å². The van der Waals surface area contributed by atoms with Gasteiger partial charge in [-0.15, -0.1) is 10.2 Å². The summed E-state index contributed by atoms with van der Waals surface area (Å²) in [6.45, 7) is 0.541. The highest BCUT2D eigenvalue weighted by Crippen LogP contribution is 2.27. The van der Waals surface area contributed by atoms with Gasteiger partial charge in [-0.25, -0.2) is 9.97 Å². The van der Waals surface area contributed by atoms with Gasteiger partial charge in [-0.2, -0.15) is 0 Å². The van der Waals surface area contributed by atoms with E-state index < -0.39 is 0 Å². The van der Waals surface area contributed by atoms with Crippen molar-refractivity contribution in [3.63, 3.8) is 0 Å². The topological polar surface area (TPSA) is 98.2 Å². The number of fused-ring (bicyclic) bond motifs is 1. The minimum atomic E-state index is -0.0196. The molecule has 1 aliphatic carbocycles. The van der Waals surface area contributed by atoms with Crippen LogP contribution in [0.15, 0.2) is 29.1 Å². The van der Waals surface area contributed by atoms with Crippen molar-refractivity contribution in [3.8, 4) is 0 Å². The normalized spacial score (nSPS) is 15.0. The Morgan fingerprint density at radius 2 is 1.97 bits per heavy atom. The Kier molecular flexibility index (Phi) is 6.49. The lowest BCUT2D eigenvalue weighted by Crippen LogP contribution is -2.26. The monoisotopic (exact) mass is 396 g/mol. The second-order valence-corrected chi connectivity index (χ2v) is 7.79. The van der Waals surface area contributed by atoms with E-state index in [1.807, 2.05) is 22.9 Å². The van der Waals surface area contributed by atoms with Crippen LogP contribution in [-0.2, 0) is 24.1 Å². The van der Waals surface area contributed by atoms with Crippen LogP contribution in [0.3, 0.4) is 0 Å². The largest absolute Gasteiger partial charge is 0.425 e. The van der Waals surface area contributed by atoms with Gasteiger partial charge in [-0.3, -0.25) is 9.20 Å².